The second-order valence-electron chi connectivity index (χ2n) is 4.10. The Kier molecular flexibility index (Phi) is 2.14. The molecule has 2 heterocycles. The Bertz CT molecular complexity index is 561. The van der Waals surface area contributed by atoms with Crippen LogP contribution in [-0.2, 0) is 0 Å². The molecule has 1 amide bonds. The summed E-state index contributed by atoms with van der Waals surface area (Å²) in [6.45, 7) is 1.98. The number of carbonyl (C=O) groups is 1. The SMILES string of the molecule is Cc1cccc2c1NC(c1ccoc1)NC2=O. The molecule has 0 aliphatic carbocycles. The lowest BCUT2D eigenvalue weighted by Gasteiger charge is -2.28. The number of rotatable bonds is 1. The van der Waals surface area contributed by atoms with E-state index >= 15 is 0 Å². The van der Waals surface area contributed by atoms with Crippen molar-refractivity contribution in [3.8, 4) is 0 Å². The number of para-hydroxylation sites is 1. The Balaban J connectivity index is 2.03. The molecule has 4 nitrogen and oxygen atoms in total. The Labute approximate surface area is 98.6 Å². The van der Waals surface area contributed by atoms with Crippen LogP contribution >= 0.6 is 0 Å². The maximum absolute atomic E-state index is 12.0. The average molecular weight is 228 g/mol. The molecule has 0 fully saturated rings. The van der Waals surface area contributed by atoms with E-state index in [-0.39, 0.29) is 12.1 Å². The number of amides is 1. The zero-order valence-corrected chi connectivity index (χ0v) is 9.36. The molecule has 1 unspecified atom stereocenters. The summed E-state index contributed by atoms with van der Waals surface area (Å²) in [5.74, 6) is -0.0614. The van der Waals surface area contributed by atoms with Crippen LogP contribution in [0.2, 0.25) is 0 Å². The third kappa shape index (κ3) is 1.58. The van der Waals surface area contributed by atoms with Crippen LogP contribution in [0.15, 0.2) is 41.2 Å². The predicted octanol–water partition coefficient (Wildman–Crippen LogP) is 2.44. The van der Waals surface area contributed by atoms with Gasteiger partial charge in [0.15, 0.2) is 0 Å². The molecule has 0 bridgehead atoms. The summed E-state index contributed by atoms with van der Waals surface area (Å²) in [4.78, 5) is 12.0. The van der Waals surface area contributed by atoms with Gasteiger partial charge in [0.1, 0.15) is 6.17 Å². The molecule has 3 rings (SSSR count). The molecular weight excluding hydrogens is 216 g/mol. The first-order chi connectivity index (χ1) is 8.25. The van der Waals surface area contributed by atoms with Crippen molar-refractivity contribution in [2.24, 2.45) is 0 Å². The monoisotopic (exact) mass is 228 g/mol. The van der Waals surface area contributed by atoms with Gasteiger partial charge in [-0.25, -0.2) is 0 Å². The van der Waals surface area contributed by atoms with Crippen molar-refractivity contribution in [3.05, 3.63) is 53.5 Å². The van der Waals surface area contributed by atoms with Crippen molar-refractivity contribution in [1.82, 2.24) is 5.32 Å². The summed E-state index contributed by atoms with van der Waals surface area (Å²) >= 11 is 0. The Morgan fingerprint density at radius 2 is 2.12 bits per heavy atom. The smallest absolute Gasteiger partial charge is 0.255 e. The summed E-state index contributed by atoms with van der Waals surface area (Å²) < 4.78 is 5.03. The van der Waals surface area contributed by atoms with Gasteiger partial charge >= 0.3 is 0 Å². The fourth-order valence-electron chi connectivity index (χ4n) is 2.04. The third-order valence-corrected chi connectivity index (χ3v) is 2.96. The van der Waals surface area contributed by atoms with E-state index in [1.54, 1.807) is 12.5 Å². The maximum Gasteiger partial charge on any atom is 0.255 e. The van der Waals surface area contributed by atoms with Crippen LogP contribution in [0.5, 0.6) is 0 Å². The highest BCUT2D eigenvalue weighted by Crippen LogP contribution is 2.29. The number of hydrogen-bond acceptors (Lipinski definition) is 3. The molecule has 0 saturated carbocycles. The van der Waals surface area contributed by atoms with Crippen LogP contribution in [0.4, 0.5) is 5.69 Å². The summed E-state index contributed by atoms with van der Waals surface area (Å²) in [5, 5.41) is 6.20. The fraction of sp³-hybridized carbons (Fsp3) is 0.154. The summed E-state index contributed by atoms with van der Waals surface area (Å²) in [7, 11) is 0. The number of benzene rings is 1. The lowest BCUT2D eigenvalue weighted by atomic mass is 10.0. The molecule has 1 aliphatic heterocycles. The normalized spacial score (nSPS) is 18.2. The van der Waals surface area contributed by atoms with Gasteiger partial charge in [-0.15, -0.1) is 0 Å². The Morgan fingerprint density at radius 3 is 2.88 bits per heavy atom. The Hall–Kier alpha value is -2.23. The number of furan rings is 1. The van der Waals surface area contributed by atoms with Gasteiger partial charge in [0.05, 0.1) is 23.8 Å². The molecule has 1 aliphatic rings. The molecule has 2 aromatic rings. The summed E-state index contributed by atoms with van der Waals surface area (Å²) in [6, 6.07) is 7.52. The van der Waals surface area contributed by atoms with Crippen molar-refractivity contribution in [2.45, 2.75) is 13.1 Å². The number of fused-ring (bicyclic) bond motifs is 1. The summed E-state index contributed by atoms with van der Waals surface area (Å²) in [6.07, 6.45) is 2.99. The number of aryl methyl sites for hydroxylation is 1. The van der Waals surface area contributed by atoms with E-state index in [1.807, 2.05) is 31.2 Å². The Morgan fingerprint density at radius 1 is 1.24 bits per heavy atom. The largest absolute Gasteiger partial charge is 0.472 e. The number of nitrogens with one attached hydrogen (secondary N) is 2. The van der Waals surface area contributed by atoms with E-state index in [0.717, 1.165) is 16.8 Å². The lowest BCUT2D eigenvalue weighted by Crippen LogP contribution is -2.38. The molecule has 2 N–H and O–H groups in total. The first kappa shape index (κ1) is 9.96. The van der Waals surface area contributed by atoms with Crippen LogP contribution in [0.25, 0.3) is 0 Å². The van der Waals surface area contributed by atoms with Gasteiger partial charge < -0.3 is 15.1 Å². The second-order valence-corrected chi connectivity index (χ2v) is 4.10. The molecule has 1 aromatic carbocycles. The van der Waals surface area contributed by atoms with Gasteiger partial charge in [0.2, 0.25) is 0 Å². The maximum atomic E-state index is 12.0. The molecule has 1 atom stereocenters. The quantitative estimate of drug-likeness (QED) is 0.788. The molecular formula is C13H12N2O2. The molecule has 0 spiro atoms. The molecule has 4 heteroatoms. The number of hydrogen-bond donors (Lipinski definition) is 2. The van der Waals surface area contributed by atoms with E-state index in [0.29, 0.717) is 5.56 Å². The van der Waals surface area contributed by atoms with Crippen LogP contribution in [0.3, 0.4) is 0 Å². The second kappa shape index (κ2) is 3.66. The molecule has 1 aromatic heterocycles. The van der Waals surface area contributed by atoms with Crippen molar-refractivity contribution in [1.29, 1.82) is 0 Å². The zero-order valence-electron chi connectivity index (χ0n) is 9.36. The molecule has 86 valence electrons. The minimum absolute atomic E-state index is 0.0614. The number of anilines is 1. The van der Waals surface area contributed by atoms with E-state index in [2.05, 4.69) is 10.6 Å². The average Bonchev–Trinajstić information content (AvgIpc) is 2.84. The molecule has 0 saturated heterocycles. The standard InChI is InChI=1S/C13H12N2O2/c1-8-3-2-4-10-11(8)14-12(15-13(10)16)9-5-6-17-7-9/h2-7,12,14H,1H3,(H,15,16). The highest BCUT2D eigenvalue weighted by atomic mass is 16.3. The van der Waals surface area contributed by atoms with Crippen LogP contribution in [0.1, 0.15) is 27.7 Å². The van der Waals surface area contributed by atoms with Crippen molar-refractivity contribution >= 4 is 11.6 Å². The topological polar surface area (TPSA) is 54.3 Å². The van der Waals surface area contributed by atoms with Gasteiger partial charge in [-0.05, 0) is 24.6 Å². The summed E-state index contributed by atoms with van der Waals surface area (Å²) in [5.41, 5.74) is 3.55. The van der Waals surface area contributed by atoms with E-state index in [9.17, 15) is 4.79 Å². The van der Waals surface area contributed by atoms with E-state index < -0.39 is 0 Å². The minimum atomic E-state index is -0.227. The van der Waals surface area contributed by atoms with Crippen molar-refractivity contribution < 1.29 is 9.21 Å². The number of carbonyl (C=O) groups excluding carboxylic acids is 1. The molecule has 17 heavy (non-hydrogen) atoms. The van der Waals surface area contributed by atoms with Gasteiger partial charge in [-0.1, -0.05) is 12.1 Å². The lowest BCUT2D eigenvalue weighted by molar-refractivity contribution is 0.0935. The molecule has 0 radical (unpaired) electrons. The van der Waals surface area contributed by atoms with Crippen LogP contribution < -0.4 is 10.6 Å². The third-order valence-electron chi connectivity index (χ3n) is 2.96. The van der Waals surface area contributed by atoms with E-state index in [1.165, 1.54) is 0 Å². The minimum Gasteiger partial charge on any atom is -0.472 e. The van der Waals surface area contributed by atoms with Gasteiger partial charge in [0.25, 0.3) is 5.91 Å². The highest BCUT2D eigenvalue weighted by molar-refractivity contribution is 6.02. The van der Waals surface area contributed by atoms with Gasteiger partial charge in [-0.3, -0.25) is 4.79 Å². The van der Waals surface area contributed by atoms with Crippen molar-refractivity contribution in [2.75, 3.05) is 5.32 Å². The zero-order chi connectivity index (χ0) is 11.8. The van der Waals surface area contributed by atoms with Gasteiger partial charge in [0, 0.05) is 5.56 Å². The van der Waals surface area contributed by atoms with E-state index in [4.69, 9.17) is 4.42 Å². The van der Waals surface area contributed by atoms with Crippen LogP contribution in [0, 0.1) is 6.92 Å². The fourth-order valence-corrected chi connectivity index (χ4v) is 2.04. The van der Waals surface area contributed by atoms with Crippen molar-refractivity contribution in [3.63, 3.8) is 0 Å². The first-order valence-electron chi connectivity index (χ1n) is 5.45. The first-order valence-corrected chi connectivity index (χ1v) is 5.45. The predicted molar refractivity (Wildman–Crippen MR) is 63.7 cm³/mol. The van der Waals surface area contributed by atoms with Crippen LogP contribution in [-0.4, -0.2) is 5.91 Å². The highest BCUT2D eigenvalue weighted by Gasteiger charge is 2.25. The van der Waals surface area contributed by atoms with Gasteiger partial charge in [-0.2, -0.15) is 0 Å².